The van der Waals surface area contributed by atoms with Gasteiger partial charge in [0.15, 0.2) is 5.69 Å². The summed E-state index contributed by atoms with van der Waals surface area (Å²) in [5.41, 5.74) is 0.260. The molecule has 2 rings (SSSR count). The highest BCUT2D eigenvalue weighted by Gasteiger charge is 2.30. The lowest BCUT2D eigenvalue weighted by Gasteiger charge is -2.26. The van der Waals surface area contributed by atoms with Crippen LogP contribution in [0.3, 0.4) is 0 Å². The van der Waals surface area contributed by atoms with E-state index < -0.39 is 11.9 Å². The minimum absolute atomic E-state index is 0.260. The van der Waals surface area contributed by atoms with E-state index in [9.17, 15) is 14.7 Å². The first-order valence-electron chi connectivity index (χ1n) is 6.49. The number of carboxylic acid groups (broad SMARTS) is 1. The zero-order valence-corrected chi connectivity index (χ0v) is 11.4. The van der Waals surface area contributed by atoms with Gasteiger partial charge in [0.2, 0.25) is 0 Å². The predicted octanol–water partition coefficient (Wildman–Crippen LogP) is 1.69. The molecule has 6 nitrogen and oxygen atoms in total. The Bertz CT molecular complexity index is 435. The molecule has 0 spiro atoms. The quantitative estimate of drug-likeness (QED) is 0.880. The van der Waals surface area contributed by atoms with E-state index in [0.29, 0.717) is 12.8 Å². The molecule has 1 amide bonds. The van der Waals surface area contributed by atoms with E-state index in [-0.39, 0.29) is 17.6 Å². The summed E-state index contributed by atoms with van der Waals surface area (Å²) in [7, 11) is 0. The van der Waals surface area contributed by atoms with E-state index in [1.165, 1.54) is 6.20 Å². The number of aliphatic carboxylic acids is 1. The van der Waals surface area contributed by atoms with Crippen LogP contribution in [-0.2, 0) is 4.79 Å². The standard InChI is InChI=1S/C12H17N3O3S/c16-11(10-7-13-19-15-10)14-9-6-4-2-1-3-5-8(9)12(17)18/h7-9H,1-6H2,(H,14,16)(H,17,18). The maximum atomic E-state index is 11.9. The van der Waals surface area contributed by atoms with Gasteiger partial charge in [0.25, 0.3) is 5.91 Å². The number of nitrogens with zero attached hydrogens (tertiary/aromatic N) is 2. The molecule has 1 fully saturated rings. The summed E-state index contributed by atoms with van der Waals surface area (Å²) in [5.74, 6) is -1.66. The van der Waals surface area contributed by atoms with E-state index in [1.54, 1.807) is 0 Å². The summed E-state index contributed by atoms with van der Waals surface area (Å²) in [6.07, 6.45) is 6.75. The summed E-state index contributed by atoms with van der Waals surface area (Å²) in [6, 6.07) is -0.313. The fraction of sp³-hybridized carbons (Fsp3) is 0.667. The van der Waals surface area contributed by atoms with Crippen LogP contribution in [0, 0.1) is 5.92 Å². The Kier molecular flexibility index (Phi) is 4.84. The predicted molar refractivity (Wildman–Crippen MR) is 70.0 cm³/mol. The number of aromatic nitrogens is 2. The highest BCUT2D eigenvalue weighted by molar-refractivity contribution is 6.99. The van der Waals surface area contributed by atoms with Gasteiger partial charge in [-0.1, -0.05) is 25.7 Å². The Balaban J connectivity index is 2.04. The second kappa shape index (κ2) is 6.60. The summed E-state index contributed by atoms with van der Waals surface area (Å²) in [5, 5.41) is 12.1. The molecule has 19 heavy (non-hydrogen) atoms. The Morgan fingerprint density at radius 1 is 1.26 bits per heavy atom. The molecule has 0 saturated heterocycles. The molecule has 7 heteroatoms. The van der Waals surface area contributed by atoms with Crippen molar-refractivity contribution in [3.05, 3.63) is 11.9 Å². The molecule has 0 radical (unpaired) electrons. The van der Waals surface area contributed by atoms with Crippen LogP contribution in [-0.4, -0.2) is 31.8 Å². The van der Waals surface area contributed by atoms with Crippen LogP contribution >= 0.6 is 11.7 Å². The number of nitrogens with one attached hydrogen (secondary N) is 1. The molecule has 1 aliphatic carbocycles. The van der Waals surface area contributed by atoms with Crippen molar-refractivity contribution >= 4 is 23.6 Å². The Morgan fingerprint density at radius 2 is 2.00 bits per heavy atom. The van der Waals surface area contributed by atoms with Crippen LogP contribution < -0.4 is 5.32 Å². The van der Waals surface area contributed by atoms with Crippen LogP contribution in [0.4, 0.5) is 0 Å². The molecular formula is C12H17N3O3S. The van der Waals surface area contributed by atoms with Crippen molar-refractivity contribution in [1.82, 2.24) is 14.1 Å². The van der Waals surface area contributed by atoms with Crippen LogP contribution in [0.1, 0.15) is 49.0 Å². The van der Waals surface area contributed by atoms with Crippen molar-refractivity contribution in [2.45, 2.75) is 44.6 Å². The molecule has 2 N–H and O–H groups in total. The largest absolute Gasteiger partial charge is 0.481 e. The normalized spacial score (nSPS) is 24.2. The van der Waals surface area contributed by atoms with Crippen molar-refractivity contribution in [3.63, 3.8) is 0 Å². The van der Waals surface area contributed by atoms with Gasteiger partial charge in [-0.25, -0.2) is 0 Å². The number of carboxylic acids is 1. The average Bonchev–Trinajstić information content (AvgIpc) is 2.85. The maximum absolute atomic E-state index is 11.9. The zero-order valence-electron chi connectivity index (χ0n) is 10.5. The fourth-order valence-corrected chi connectivity index (χ4v) is 2.87. The molecule has 1 aromatic heterocycles. The first-order chi connectivity index (χ1) is 9.18. The van der Waals surface area contributed by atoms with Gasteiger partial charge in [0, 0.05) is 6.04 Å². The van der Waals surface area contributed by atoms with Gasteiger partial charge in [0.1, 0.15) is 0 Å². The van der Waals surface area contributed by atoms with Crippen LogP contribution in [0.15, 0.2) is 6.20 Å². The van der Waals surface area contributed by atoms with Crippen LogP contribution in [0.25, 0.3) is 0 Å². The smallest absolute Gasteiger partial charge is 0.308 e. The molecule has 2 atom stereocenters. The van der Waals surface area contributed by atoms with Gasteiger partial charge < -0.3 is 10.4 Å². The topological polar surface area (TPSA) is 92.2 Å². The second-order valence-corrected chi connectivity index (χ2v) is 5.37. The number of carbonyl (C=O) groups excluding carboxylic acids is 1. The number of hydrogen-bond acceptors (Lipinski definition) is 5. The number of hydrogen-bond donors (Lipinski definition) is 2. The molecular weight excluding hydrogens is 266 g/mol. The summed E-state index contributed by atoms with van der Waals surface area (Å²) in [4.78, 5) is 23.3. The maximum Gasteiger partial charge on any atom is 0.308 e. The van der Waals surface area contributed by atoms with Gasteiger partial charge in [0.05, 0.1) is 23.8 Å². The molecule has 1 heterocycles. The summed E-state index contributed by atoms with van der Waals surface area (Å²) >= 11 is 0.967. The average molecular weight is 283 g/mol. The third-order valence-corrected chi connectivity index (χ3v) is 3.97. The number of carbonyl (C=O) groups is 2. The van der Waals surface area contributed by atoms with Crippen molar-refractivity contribution in [3.8, 4) is 0 Å². The molecule has 2 unspecified atom stereocenters. The lowest BCUT2D eigenvalue weighted by Crippen LogP contribution is -2.44. The molecule has 1 saturated carbocycles. The lowest BCUT2D eigenvalue weighted by atomic mass is 9.86. The number of amides is 1. The first kappa shape index (κ1) is 13.9. The van der Waals surface area contributed by atoms with Crippen LogP contribution in [0.2, 0.25) is 0 Å². The lowest BCUT2D eigenvalue weighted by molar-refractivity contribution is -0.143. The van der Waals surface area contributed by atoms with Gasteiger partial charge in [-0.3, -0.25) is 9.59 Å². The highest BCUT2D eigenvalue weighted by Crippen LogP contribution is 2.23. The van der Waals surface area contributed by atoms with Gasteiger partial charge in [-0.2, -0.15) is 8.75 Å². The van der Waals surface area contributed by atoms with Crippen molar-refractivity contribution in [1.29, 1.82) is 0 Å². The molecule has 0 aromatic carbocycles. The van der Waals surface area contributed by atoms with Gasteiger partial charge in [-0.15, -0.1) is 0 Å². The van der Waals surface area contributed by atoms with E-state index in [4.69, 9.17) is 0 Å². The Morgan fingerprint density at radius 3 is 2.63 bits per heavy atom. The number of rotatable bonds is 3. The van der Waals surface area contributed by atoms with Crippen molar-refractivity contribution in [2.75, 3.05) is 0 Å². The van der Waals surface area contributed by atoms with Crippen molar-refractivity contribution < 1.29 is 14.7 Å². The van der Waals surface area contributed by atoms with E-state index >= 15 is 0 Å². The minimum Gasteiger partial charge on any atom is -0.481 e. The SMILES string of the molecule is O=C(NC1CCCCCCC1C(=O)O)c1cnsn1. The zero-order chi connectivity index (χ0) is 13.7. The minimum atomic E-state index is -0.830. The molecule has 104 valence electrons. The second-order valence-electron chi connectivity index (χ2n) is 4.81. The highest BCUT2D eigenvalue weighted by atomic mass is 32.1. The molecule has 0 bridgehead atoms. The van der Waals surface area contributed by atoms with Gasteiger partial charge >= 0.3 is 5.97 Å². The summed E-state index contributed by atoms with van der Waals surface area (Å²) < 4.78 is 7.64. The third kappa shape index (κ3) is 3.73. The van der Waals surface area contributed by atoms with E-state index in [0.717, 1.165) is 37.4 Å². The van der Waals surface area contributed by atoms with Crippen LogP contribution in [0.5, 0.6) is 0 Å². The molecule has 1 aliphatic rings. The third-order valence-electron chi connectivity index (χ3n) is 3.49. The van der Waals surface area contributed by atoms with Crippen molar-refractivity contribution in [2.24, 2.45) is 5.92 Å². The fourth-order valence-electron chi connectivity index (χ4n) is 2.46. The first-order valence-corrected chi connectivity index (χ1v) is 7.22. The summed E-state index contributed by atoms with van der Waals surface area (Å²) in [6.45, 7) is 0. The van der Waals surface area contributed by atoms with E-state index in [2.05, 4.69) is 14.1 Å². The Labute approximate surface area is 115 Å². The molecule has 1 aromatic rings. The molecule has 0 aliphatic heterocycles. The Hall–Kier alpha value is -1.50. The van der Waals surface area contributed by atoms with Gasteiger partial charge in [-0.05, 0) is 12.8 Å². The van der Waals surface area contributed by atoms with E-state index in [1.807, 2.05) is 0 Å². The monoisotopic (exact) mass is 283 g/mol.